The molecule has 0 bridgehead atoms. The summed E-state index contributed by atoms with van der Waals surface area (Å²) in [4.78, 5) is 15.1. The van der Waals surface area contributed by atoms with Crippen molar-refractivity contribution in [2.24, 2.45) is 23.2 Å². The number of rotatable bonds is 5. The first-order chi connectivity index (χ1) is 12.6. The molecule has 4 rings (SSSR count). The van der Waals surface area contributed by atoms with Crippen molar-refractivity contribution in [1.29, 1.82) is 0 Å². The van der Waals surface area contributed by atoms with E-state index in [1.807, 2.05) is 0 Å². The predicted molar refractivity (Wildman–Crippen MR) is 104 cm³/mol. The highest BCUT2D eigenvalue weighted by Gasteiger charge is 2.51. The minimum Gasteiger partial charge on any atom is -0.461 e. The fourth-order valence-electron chi connectivity index (χ4n) is 5.96. The van der Waals surface area contributed by atoms with Crippen LogP contribution in [0, 0.1) is 23.2 Å². The van der Waals surface area contributed by atoms with Gasteiger partial charge in [0.2, 0.25) is 0 Å². The van der Waals surface area contributed by atoms with Crippen LogP contribution in [0.4, 0.5) is 0 Å². The number of nitrogens with one attached hydrogen (secondary N) is 1. The number of hydrogen-bond acceptors (Lipinski definition) is 4. The molecule has 2 saturated heterocycles. The van der Waals surface area contributed by atoms with Gasteiger partial charge in [0, 0.05) is 25.6 Å². The molecule has 2 heterocycles. The van der Waals surface area contributed by atoms with E-state index < -0.39 is 0 Å². The van der Waals surface area contributed by atoms with Crippen molar-refractivity contribution in [2.75, 3.05) is 32.7 Å². The summed E-state index contributed by atoms with van der Waals surface area (Å²) in [6.45, 7) is 10.1. The van der Waals surface area contributed by atoms with Crippen LogP contribution in [0.25, 0.3) is 0 Å². The lowest BCUT2D eigenvalue weighted by atomic mass is 9.59. The Hall–Kier alpha value is -0.870. The molecule has 4 nitrogen and oxygen atoms in total. The van der Waals surface area contributed by atoms with E-state index in [1.54, 1.807) is 5.57 Å². The van der Waals surface area contributed by atoms with E-state index in [0.717, 1.165) is 26.1 Å². The molecule has 2 aliphatic heterocycles. The van der Waals surface area contributed by atoms with Gasteiger partial charge in [-0.3, -0.25) is 4.79 Å². The lowest BCUT2D eigenvalue weighted by Crippen LogP contribution is -2.41. The van der Waals surface area contributed by atoms with Gasteiger partial charge in [-0.05, 0) is 56.5 Å². The van der Waals surface area contributed by atoms with E-state index in [2.05, 4.69) is 30.1 Å². The van der Waals surface area contributed by atoms with Gasteiger partial charge < -0.3 is 15.0 Å². The zero-order valence-electron chi connectivity index (χ0n) is 16.6. The van der Waals surface area contributed by atoms with Crippen LogP contribution in [-0.2, 0) is 9.53 Å². The van der Waals surface area contributed by atoms with Crippen molar-refractivity contribution in [3.63, 3.8) is 0 Å². The van der Waals surface area contributed by atoms with E-state index in [4.69, 9.17) is 4.74 Å². The smallest absolute Gasteiger partial charge is 0.311 e. The third-order valence-corrected chi connectivity index (χ3v) is 7.50. The largest absolute Gasteiger partial charge is 0.461 e. The molecule has 0 spiro atoms. The number of carbonyl (C=O) groups excluding carboxylic acids is 1. The molecule has 5 atom stereocenters. The molecule has 2 aliphatic carbocycles. The van der Waals surface area contributed by atoms with Gasteiger partial charge in [0.1, 0.15) is 6.10 Å². The molecule has 4 aliphatic rings. The summed E-state index contributed by atoms with van der Waals surface area (Å²) in [5.74, 6) is 0.983. The van der Waals surface area contributed by atoms with E-state index in [0.29, 0.717) is 5.92 Å². The normalized spacial score (nSPS) is 40.5. The molecule has 0 aromatic carbocycles. The van der Waals surface area contributed by atoms with Crippen LogP contribution in [0.15, 0.2) is 11.6 Å². The quantitative estimate of drug-likeness (QED) is 0.464. The fraction of sp³-hybridized carbons (Fsp3) is 0.864. The maximum Gasteiger partial charge on any atom is 0.311 e. The molecule has 4 heteroatoms. The number of nitrogens with zero attached hydrogens (tertiary/aromatic N) is 1. The summed E-state index contributed by atoms with van der Waals surface area (Å²) in [5.41, 5.74) is 1.87. The van der Waals surface area contributed by atoms with Crippen LogP contribution in [0.3, 0.4) is 0 Å². The molecule has 1 saturated carbocycles. The Morgan fingerprint density at radius 3 is 2.88 bits per heavy atom. The Bertz CT molecular complexity index is 554. The highest BCUT2D eigenvalue weighted by molar-refractivity contribution is 5.76. The Morgan fingerprint density at radius 1 is 1.27 bits per heavy atom. The van der Waals surface area contributed by atoms with Crippen molar-refractivity contribution in [3.05, 3.63) is 11.6 Å². The number of ether oxygens (including phenoxy) is 1. The maximum absolute atomic E-state index is 12.5. The molecule has 26 heavy (non-hydrogen) atoms. The third-order valence-electron chi connectivity index (χ3n) is 7.50. The van der Waals surface area contributed by atoms with Gasteiger partial charge in [0.15, 0.2) is 0 Å². The van der Waals surface area contributed by atoms with Crippen LogP contribution >= 0.6 is 0 Å². The second kappa shape index (κ2) is 7.63. The van der Waals surface area contributed by atoms with Gasteiger partial charge in [0.25, 0.3) is 0 Å². The summed E-state index contributed by atoms with van der Waals surface area (Å²) in [6, 6.07) is 0. The second-order valence-electron chi connectivity index (χ2n) is 9.45. The van der Waals surface area contributed by atoms with E-state index in [-0.39, 0.29) is 29.3 Å². The minimum absolute atomic E-state index is 0.00697. The van der Waals surface area contributed by atoms with Crippen LogP contribution in [0.1, 0.15) is 58.8 Å². The van der Waals surface area contributed by atoms with E-state index in [1.165, 1.54) is 51.6 Å². The monoisotopic (exact) mass is 360 g/mol. The van der Waals surface area contributed by atoms with Gasteiger partial charge in [-0.15, -0.1) is 0 Å². The summed E-state index contributed by atoms with van der Waals surface area (Å²) < 4.78 is 5.84. The zero-order valence-corrected chi connectivity index (χ0v) is 16.6. The first-order valence-electron chi connectivity index (χ1n) is 10.9. The van der Waals surface area contributed by atoms with E-state index >= 15 is 0 Å². The van der Waals surface area contributed by atoms with Crippen LogP contribution in [-0.4, -0.2) is 49.7 Å². The molecular weight excluding hydrogens is 324 g/mol. The predicted octanol–water partition coefficient (Wildman–Crippen LogP) is 3.38. The summed E-state index contributed by atoms with van der Waals surface area (Å²) >= 11 is 0. The molecule has 0 radical (unpaired) electrons. The molecule has 0 aromatic rings. The van der Waals surface area contributed by atoms with Crippen molar-refractivity contribution >= 4 is 5.97 Å². The van der Waals surface area contributed by atoms with Gasteiger partial charge in [0.05, 0.1) is 5.92 Å². The van der Waals surface area contributed by atoms with Crippen molar-refractivity contribution in [3.8, 4) is 0 Å². The van der Waals surface area contributed by atoms with E-state index in [9.17, 15) is 4.79 Å². The highest BCUT2D eigenvalue weighted by atomic mass is 16.6. The standard InChI is InChI=1S/C22H36N2O2/c1-16-7-6-8-22(2)14-20-17(13-19(16)22)18(21(25)26-20)15-23-9-12-24-10-4-3-5-11-24/h13,16-18,20,23H,3-12,14-15H2,1-2H3/t16-,17+,18?,20+,22+/m0/s1. The average molecular weight is 361 g/mol. The molecule has 0 amide bonds. The minimum atomic E-state index is 0.00697. The van der Waals surface area contributed by atoms with Crippen LogP contribution < -0.4 is 5.32 Å². The number of likely N-dealkylation sites (tertiary alicyclic amines) is 1. The number of fused-ring (bicyclic) bond motifs is 2. The SMILES string of the molecule is C[C@H]1CCC[C@]2(C)C[C@H]3OC(=O)C(CNCCN4CCCCC4)[C@H]3C=C12. The first kappa shape index (κ1) is 18.5. The molecule has 1 unspecified atom stereocenters. The van der Waals surface area contributed by atoms with Crippen LogP contribution in [0.2, 0.25) is 0 Å². The summed E-state index contributed by atoms with van der Waals surface area (Å²) in [7, 11) is 0. The Kier molecular flexibility index (Phi) is 5.43. The topological polar surface area (TPSA) is 41.6 Å². The van der Waals surface area contributed by atoms with Gasteiger partial charge >= 0.3 is 5.97 Å². The third kappa shape index (κ3) is 3.60. The number of piperidine rings is 1. The van der Waals surface area contributed by atoms with Crippen molar-refractivity contribution in [1.82, 2.24) is 10.2 Å². The highest BCUT2D eigenvalue weighted by Crippen LogP contribution is 2.53. The molecule has 146 valence electrons. The van der Waals surface area contributed by atoms with Gasteiger partial charge in [-0.1, -0.05) is 38.3 Å². The first-order valence-corrected chi connectivity index (χ1v) is 10.9. The maximum atomic E-state index is 12.5. The molecular formula is C22H36N2O2. The molecule has 0 aromatic heterocycles. The molecule has 3 fully saturated rings. The molecule has 1 N–H and O–H groups in total. The lowest BCUT2D eigenvalue weighted by Gasteiger charge is -2.46. The zero-order chi connectivity index (χ0) is 18.1. The summed E-state index contributed by atoms with van der Waals surface area (Å²) in [5, 5.41) is 3.56. The Morgan fingerprint density at radius 2 is 2.08 bits per heavy atom. The number of carbonyl (C=O) groups is 1. The fourth-order valence-corrected chi connectivity index (χ4v) is 5.96. The van der Waals surface area contributed by atoms with Crippen molar-refractivity contribution < 1.29 is 9.53 Å². The second-order valence-corrected chi connectivity index (χ2v) is 9.45. The Balaban J connectivity index is 1.35. The average Bonchev–Trinajstić information content (AvgIpc) is 2.92. The summed E-state index contributed by atoms with van der Waals surface area (Å²) in [6.07, 6.45) is 11.5. The number of allylic oxidation sites excluding steroid dienone is 1. The lowest BCUT2D eigenvalue weighted by molar-refractivity contribution is -0.145. The number of hydrogen-bond donors (Lipinski definition) is 1. The van der Waals surface area contributed by atoms with Crippen LogP contribution in [0.5, 0.6) is 0 Å². The van der Waals surface area contributed by atoms with Gasteiger partial charge in [-0.25, -0.2) is 0 Å². The Labute approximate surface area is 158 Å². The van der Waals surface area contributed by atoms with Gasteiger partial charge in [-0.2, -0.15) is 0 Å². The van der Waals surface area contributed by atoms with Crippen molar-refractivity contribution in [2.45, 2.75) is 64.9 Å². The number of esters is 1.